The number of rotatable bonds is 9. The van der Waals surface area contributed by atoms with E-state index in [1.807, 2.05) is 6.92 Å². The summed E-state index contributed by atoms with van der Waals surface area (Å²) in [7, 11) is 0. The molecule has 1 rings (SSSR count). The van der Waals surface area contributed by atoms with Crippen LogP contribution in [0.5, 0.6) is 0 Å². The van der Waals surface area contributed by atoms with Crippen LogP contribution in [0.3, 0.4) is 0 Å². The Morgan fingerprint density at radius 3 is 2.68 bits per heavy atom. The Labute approximate surface area is 132 Å². The number of hydrogen-bond acceptors (Lipinski definition) is 3. The number of aliphatic imine (C=N–C) groups is 1. The highest BCUT2D eigenvalue weighted by atomic mass is 16.3. The van der Waals surface area contributed by atoms with E-state index in [2.05, 4.69) is 34.8 Å². The lowest BCUT2D eigenvalue weighted by Gasteiger charge is -2.11. The highest BCUT2D eigenvalue weighted by Crippen LogP contribution is 2.02. The van der Waals surface area contributed by atoms with Crippen LogP contribution in [0.15, 0.2) is 27.8 Å². The number of carbonyl (C=O) groups is 1. The Morgan fingerprint density at radius 1 is 1.27 bits per heavy atom. The molecule has 0 bridgehead atoms. The van der Waals surface area contributed by atoms with Crippen LogP contribution in [0.4, 0.5) is 0 Å². The fourth-order valence-corrected chi connectivity index (χ4v) is 1.88. The van der Waals surface area contributed by atoms with E-state index >= 15 is 0 Å². The van der Waals surface area contributed by atoms with E-state index in [9.17, 15) is 4.79 Å². The summed E-state index contributed by atoms with van der Waals surface area (Å²) in [5.41, 5.74) is 0. The van der Waals surface area contributed by atoms with Crippen molar-refractivity contribution >= 4 is 11.9 Å². The van der Waals surface area contributed by atoms with Gasteiger partial charge in [-0.15, -0.1) is 0 Å². The van der Waals surface area contributed by atoms with Gasteiger partial charge >= 0.3 is 0 Å². The first-order valence-corrected chi connectivity index (χ1v) is 7.97. The maximum Gasteiger partial charge on any atom is 0.287 e. The number of carbonyl (C=O) groups excluding carboxylic acids is 1. The molecule has 3 N–H and O–H groups in total. The molecule has 0 aliphatic rings. The van der Waals surface area contributed by atoms with Crippen LogP contribution in [0.2, 0.25) is 0 Å². The minimum Gasteiger partial charge on any atom is -0.459 e. The average molecular weight is 308 g/mol. The molecular weight excluding hydrogens is 280 g/mol. The van der Waals surface area contributed by atoms with Crippen molar-refractivity contribution in [1.29, 1.82) is 0 Å². The zero-order chi connectivity index (χ0) is 16.2. The quantitative estimate of drug-likeness (QED) is 0.370. The third-order valence-corrected chi connectivity index (χ3v) is 3.00. The average Bonchev–Trinajstić information content (AvgIpc) is 3.01. The second-order valence-electron chi connectivity index (χ2n) is 5.46. The molecular formula is C16H28N4O2. The first-order valence-electron chi connectivity index (χ1n) is 7.97. The molecule has 22 heavy (non-hydrogen) atoms. The van der Waals surface area contributed by atoms with Gasteiger partial charge in [0.15, 0.2) is 11.7 Å². The van der Waals surface area contributed by atoms with Crippen LogP contribution in [0, 0.1) is 5.92 Å². The van der Waals surface area contributed by atoms with Crippen molar-refractivity contribution < 1.29 is 9.21 Å². The smallest absolute Gasteiger partial charge is 0.287 e. The molecule has 6 heteroatoms. The number of nitrogens with one attached hydrogen (secondary N) is 3. The monoisotopic (exact) mass is 308 g/mol. The molecule has 6 nitrogen and oxygen atoms in total. The third kappa shape index (κ3) is 7.71. The second-order valence-corrected chi connectivity index (χ2v) is 5.46. The molecule has 0 saturated heterocycles. The number of nitrogens with zero attached hydrogens (tertiary/aromatic N) is 1. The lowest BCUT2D eigenvalue weighted by Crippen LogP contribution is -2.41. The Hall–Kier alpha value is -1.98. The van der Waals surface area contributed by atoms with E-state index in [0.717, 1.165) is 25.5 Å². The molecule has 0 radical (unpaired) electrons. The first kappa shape index (κ1) is 18.1. The zero-order valence-electron chi connectivity index (χ0n) is 13.8. The van der Waals surface area contributed by atoms with Crippen molar-refractivity contribution in [2.24, 2.45) is 10.9 Å². The van der Waals surface area contributed by atoms with E-state index in [1.165, 1.54) is 12.7 Å². The van der Waals surface area contributed by atoms with E-state index < -0.39 is 0 Å². The molecule has 0 aromatic carbocycles. The number of guanidine groups is 1. The van der Waals surface area contributed by atoms with Gasteiger partial charge in [-0.2, -0.15) is 0 Å². The minimum atomic E-state index is -0.203. The molecule has 0 aliphatic carbocycles. The van der Waals surface area contributed by atoms with Gasteiger partial charge in [0.2, 0.25) is 0 Å². The Balaban J connectivity index is 2.23. The van der Waals surface area contributed by atoms with Gasteiger partial charge in [-0.1, -0.05) is 13.8 Å². The van der Waals surface area contributed by atoms with Gasteiger partial charge in [0.05, 0.1) is 6.26 Å². The molecule has 1 aromatic heterocycles. The fourth-order valence-electron chi connectivity index (χ4n) is 1.88. The normalized spacial score (nSPS) is 11.5. The fraction of sp³-hybridized carbons (Fsp3) is 0.625. The number of amides is 1. The first-order chi connectivity index (χ1) is 10.6. The summed E-state index contributed by atoms with van der Waals surface area (Å²) in [5, 5.41) is 9.18. The van der Waals surface area contributed by atoms with Crippen LogP contribution in [-0.4, -0.2) is 38.0 Å². The van der Waals surface area contributed by atoms with Crippen molar-refractivity contribution in [3.05, 3.63) is 24.2 Å². The lowest BCUT2D eigenvalue weighted by molar-refractivity contribution is 0.0926. The largest absolute Gasteiger partial charge is 0.459 e. The highest BCUT2D eigenvalue weighted by Gasteiger charge is 2.06. The molecule has 0 unspecified atom stereocenters. The molecule has 1 aromatic rings. The Morgan fingerprint density at radius 2 is 2.05 bits per heavy atom. The summed E-state index contributed by atoms with van der Waals surface area (Å²) in [5.74, 6) is 1.63. The van der Waals surface area contributed by atoms with E-state index in [0.29, 0.717) is 24.8 Å². The predicted molar refractivity (Wildman–Crippen MR) is 89.1 cm³/mol. The minimum absolute atomic E-state index is 0.203. The number of hydrogen-bond donors (Lipinski definition) is 3. The van der Waals surface area contributed by atoms with Crippen molar-refractivity contribution in [1.82, 2.24) is 16.0 Å². The molecule has 0 saturated carbocycles. The topological polar surface area (TPSA) is 78.7 Å². The van der Waals surface area contributed by atoms with Crippen molar-refractivity contribution in [3.63, 3.8) is 0 Å². The molecule has 0 aliphatic heterocycles. The molecule has 124 valence electrons. The van der Waals surface area contributed by atoms with Gasteiger partial charge in [-0.05, 0) is 37.8 Å². The van der Waals surface area contributed by atoms with E-state index in [1.54, 1.807) is 12.1 Å². The Bertz CT molecular complexity index is 441. The van der Waals surface area contributed by atoms with E-state index in [-0.39, 0.29) is 5.91 Å². The maximum absolute atomic E-state index is 11.7. The highest BCUT2D eigenvalue weighted by molar-refractivity contribution is 5.91. The zero-order valence-corrected chi connectivity index (χ0v) is 13.8. The van der Waals surface area contributed by atoms with Gasteiger partial charge in [0.25, 0.3) is 5.91 Å². The summed E-state index contributed by atoms with van der Waals surface area (Å²) in [6.07, 6.45) is 3.76. The van der Waals surface area contributed by atoms with Crippen LogP contribution in [-0.2, 0) is 0 Å². The van der Waals surface area contributed by atoms with Crippen molar-refractivity contribution in [2.45, 2.75) is 33.6 Å². The van der Waals surface area contributed by atoms with Crippen LogP contribution in [0.25, 0.3) is 0 Å². The van der Waals surface area contributed by atoms with E-state index in [4.69, 9.17) is 4.42 Å². The summed E-state index contributed by atoms with van der Waals surface area (Å²) in [4.78, 5) is 16.2. The van der Waals surface area contributed by atoms with Crippen LogP contribution in [0.1, 0.15) is 44.2 Å². The van der Waals surface area contributed by atoms with Crippen LogP contribution >= 0.6 is 0 Å². The van der Waals surface area contributed by atoms with Crippen molar-refractivity contribution in [2.75, 3.05) is 26.2 Å². The van der Waals surface area contributed by atoms with Crippen LogP contribution < -0.4 is 16.0 Å². The SMILES string of the molecule is CCNC(=NCCCC(C)C)NCCNC(=O)c1ccco1. The second kappa shape index (κ2) is 10.7. The molecule has 1 heterocycles. The summed E-state index contributed by atoms with van der Waals surface area (Å²) in [6, 6.07) is 3.34. The predicted octanol–water partition coefficient (Wildman–Crippen LogP) is 2.00. The lowest BCUT2D eigenvalue weighted by atomic mass is 10.1. The summed E-state index contributed by atoms with van der Waals surface area (Å²) < 4.78 is 5.03. The summed E-state index contributed by atoms with van der Waals surface area (Å²) >= 11 is 0. The van der Waals surface area contributed by atoms with Gasteiger partial charge in [-0.25, -0.2) is 0 Å². The third-order valence-electron chi connectivity index (χ3n) is 3.00. The molecule has 0 atom stereocenters. The van der Waals surface area contributed by atoms with Crippen molar-refractivity contribution in [3.8, 4) is 0 Å². The maximum atomic E-state index is 11.7. The molecule has 0 spiro atoms. The standard InChI is InChI=1S/C16H28N4O2/c1-4-17-16(19-9-5-7-13(2)3)20-11-10-18-15(21)14-8-6-12-22-14/h6,8,12-13H,4-5,7,9-11H2,1-3H3,(H,18,21)(H2,17,19,20). The van der Waals surface area contributed by atoms with Gasteiger partial charge in [-0.3, -0.25) is 9.79 Å². The Kier molecular flexibility index (Phi) is 8.79. The van der Waals surface area contributed by atoms with Gasteiger partial charge in [0, 0.05) is 26.2 Å². The summed E-state index contributed by atoms with van der Waals surface area (Å²) in [6.45, 7) is 9.22. The van der Waals surface area contributed by atoms with Gasteiger partial charge < -0.3 is 20.4 Å². The van der Waals surface area contributed by atoms with Gasteiger partial charge in [0.1, 0.15) is 0 Å². The number of furan rings is 1. The molecule has 0 fully saturated rings. The molecule has 1 amide bonds.